The maximum atomic E-state index is 11.1. The first-order valence-corrected chi connectivity index (χ1v) is 4.80. The van der Waals surface area contributed by atoms with Crippen molar-refractivity contribution in [2.24, 2.45) is 0 Å². The Morgan fingerprint density at radius 1 is 1.57 bits per heavy atom. The van der Waals surface area contributed by atoms with Gasteiger partial charge >= 0.3 is 0 Å². The van der Waals surface area contributed by atoms with E-state index in [2.05, 4.69) is 10.6 Å². The fraction of sp³-hybridized carbons (Fsp3) is 0.889. The molecule has 0 rings (SSSR count). The molecule has 14 heavy (non-hydrogen) atoms. The van der Waals surface area contributed by atoms with E-state index in [4.69, 9.17) is 9.84 Å². The topological polar surface area (TPSA) is 70.6 Å². The van der Waals surface area contributed by atoms with Gasteiger partial charge in [0.15, 0.2) is 0 Å². The first-order valence-electron chi connectivity index (χ1n) is 4.80. The van der Waals surface area contributed by atoms with Crippen molar-refractivity contribution in [2.45, 2.75) is 19.4 Å². The standard InChI is InChI=1S/C9H20N2O3/c1-8(7-12)11-6-9(13)10-4-3-5-14-2/h8,11-12H,3-7H2,1-2H3,(H,10,13). The molecule has 5 heteroatoms. The minimum absolute atomic E-state index is 0.0386. The summed E-state index contributed by atoms with van der Waals surface area (Å²) in [6.07, 6.45) is 0.817. The van der Waals surface area contributed by atoms with E-state index < -0.39 is 0 Å². The number of hydrogen-bond donors (Lipinski definition) is 3. The van der Waals surface area contributed by atoms with Crippen molar-refractivity contribution in [2.75, 3.05) is 33.4 Å². The maximum Gasteiger partial charge on any atom is 0.233 e. The molecule has 5 nitrogen and oxygen atoms in total. The van der Waals surface area contributed by atoms with Gasteiger partial charge in [-0.05, 0) is 13.3 Å². The number of hydrogen-bond acceptors (Lipinski definition) is 4. The second-order valence-electron chi connectivity index (χ2n) is 3.16. The number of amides is 1. The Bertz CT molecular complexity index is 153. The second kappa shape index (κ2) is 8.93. The van der Waals surface area contributed by atoms with Crippen molar-refractivity contribution in [3.63, 3.8) is 0 Å². The molecule has 0 fully saturated rings. The smallest absolute Gasteiger partial charge is 0.233 e. The zero-order valence-electron chi connectivity index (χ0n) is 8.88. The molecule has 0 aliphatic carbocycles. The van der Waals surface area contributed by atoms with Crippen molar-refractivity contribution < 1.29 is 14.6 Å². The average Bonchev–Trinajstić information content (AvgIpc) is 2.21. The summed E-state index contributed by atoms with van der Waals surface area (Å²) in [6.45, 7) is 3.38. The molecule has 1 atom stereocenters. The third-order valence-electron chi connectivity index (χ3n) is 1.73. The van der Waals surface area contributed by atoms with E-state index in [9.17, 15) is 4.79 Å². The molecule has 0 radical (unpaired) electrons. The molecule has 0 aliphatic rings. The van der Waals surface area contributed by atoms with Crippen LogP contribution in [0.1, 0.15) is 13.3 Å². The van der Waals surface area contributed by atoms with Gasteiger partial charge in [-0.25, -0.2) is 0 Å². The van der Waals surface area contributed by atoms with Crippen LogP contribution >= 0.6 is 0 Å². The Kier molecular flexibility index (Phi) is 8.51. The lowest BCUT2D eigenvalue weighted by Gasteiger charge is -2.10. The summed E-state index contributed by atoms with van der Waals surface area (Å²) in [5, 5.41) is 14.3. The number of aliphatic hydroxyl groups is 1. The zero-order chi connectivity index (χ0) is 10.8. The summed E-state index contributed by atoms with van der Waals surface area (Å²) in [7, 11) is 1.63. The van der Waals surface area contributed by atoms with Gasteiger partial charge in [0.1, 0.15) is 0 Å². The minimum Gasteiger partial charge on any atom is -0.395 e. The fourth-order valence-electron chi connectivity index (χ4n) is 0.838. The largest absolute Gasteiger partial charge is 0.395 e. The van der Waals surface area contributed by atoms with Crippen LogP contribution in [0.15, 0.2) is 0 Å². The Hall–Kier alpha value is -0.650. The van der Waals surface area contributed by atoms with Crippen LogP contribution in [0.4, 0.5) is 0 Å². The van der Waals surface area contributed by atoms with Crippen LogP contribution in [0.5, 0.6) is 0 Å². The van der Waals surface area contributed by atoms with E-state index in [0.717, 1.165) is 6.42 Å². The van der Waals surface area contributed by atoms with E-state index >= 15 is 0 Å². The number of rotatable bonds is 8. The van der Waals surface area contributed by atoms with Crippen LogP contribution in [0.25, 0.3) is 0 Å². The summed E-state index contributed by atoms with van der Waals surface area (Å²) in [5.74, 6) is -0.0543. The van der Waals surface area contributed by atoms with Crippen molar-refractivity contribution in [1.82, 2.24) is 10.6 Å². The molecule has 0 bridgehead atoms. The number of aliphatic hydroxyl groups excluding tert-OH is 1. The first-order chi connectivity index (χ1) is 6.70. The molecule has 0 heterocycles. The van der Waals surface area contributed by atoms with Gasteiger partial charge in [0.05, 0.1) is 13.2 Å². The van der Waals surface area contributed by atoms with Crippen LogP contribution in [-0.4, -0.2) is 50.5 Å². The highest BCUT2D eigenvalue weighted by atomic mass is 16.5. The van der Waals surface area contributed by atoms with Gasteiger partial charge in [-0.1, -0.05) is 0 Å². The first kappa shape index (κ1) is 13.4. The molecule has 0 aliphatic heterocycles. The maximum absolute atomic E-state index is 11.1. The molecule has 0 saturated carbocycles. The number of carbonyl (C=O) groups excluding carboxylic acids is 1. The minimum atomic E-state index is -0.0543. The van der Waals surface area contributed by atoms with Gasteiger partial charge in [-0.15, -0.1) is 0 Å². The summed E-state index contributed by atoms with van der Waals surface area (Å²) in [6, 6.07) is -0.0419. The summed E-state index contributed by atoms with van der Waals surface area (Å²) < 4.78 is 4.84. The van der Waals surface area contributed by atoms with Gasteiger partial charge in [-0.2, -0.15) is 0 Å². The highest BCUT2D eigenvalue weighted by Crippen LogP contribution is 1.79. The van der Waals surface area contributed by atoms with Crippen molar-refractivity contribution in [3.05, 3.63) is 0 Å². The van der Waals surface area contributed by atoms with Gasteiger partial charge in [0.2, 0.25) is 5.91 Å². The molecule has 0 aromatic rings. The normalized spacial score (nSPS) is 12.5. The molecule has 3 N–H and O–H groups in total. The average molecular weight is 204 g/mol. The van der Waals surface area contributed by atoms with Gasteiger partial charge in [0, 0.05) is 26.3 Å². The van der Waals surface area contributed by atoms with E-state index in [1.165, 1.54) is 0 Å². The number of nitrogens with one attached hydrogen (secondary N) is 2. The van der Waals surface area contributed by atoms with Gasteiger partial charge < -0.3 is 20.5 Å². The van der Waals surface area contributed by atoms with Crippen molar-refractivity contribution in [3.8, 4) is 0 Å². The zero-order valence-corrected chi connectivity index (χ0v) is 8.88. The van der Waals surface area contributed by atoms with Crippen LogP contribution < -0.4 is 10.6 Å². The van der Waals surface area contributed by atoms with Gasteiger partial charge in [-0.3, -0.25) is 4.79 Å². The Morgan fingerprint density at radius 2 is 2.29 bits per heavy atom. The van der Waals surface area contributed by atoms with E-state index in [0.29, 0.717) is 13.2 Å². The fourth-order valence-corrected chi connectivity index (χ4v) is 0.838. The lowest BCUT2D eigenvalue weighted by molar-refractivity contribution is -0.120. The third-order valence-corrected chi connectivity index (χ3v) is 1.73. The van der Waals surface area contributed by atoms with E-state index in [1.807, 2.05) is 6.92 Å². The van der Waals surface area contributed by atoms with Crippen LogP contribution in [0, 0.1) is 0 Å². The van der Waals surface area contributed by atoms with E-state index in [-0.39, 0.29) is 25.1 Å². The van der Waals surface area contributed by atoms with Crippen molar-refractivity contribution in [1.29, 1.82) is 0 Å². The molecule has 84 valence electrons. The summed E-state index contributed by atoms with van der Waals surface area (Å²) in [5.41, 5.74) is 0. The molecule has 1 amide bonds. The van der Waals surface area contributed by atoms with Crippen LogP contribution in [-0.2, 0) is 9.53 Å². The Morgan fingerprint density at radius 3 is 2.86 bits per heavy atom. The predicted molar refractivity (Wildman–Crippen MR) is 54.1 cm³/mol. The SMILES string of the molecule is COCCCNC(=O)CNC(C)CO. The summed E-state index contributed by atoms with van der Waals surface area (Å²) >= 11 is 0. The molecule has 1 unspecified atom stereocenters. The molecule has 0 spiro atoms. The van der Waals surface area contributed by atoms with Crippen molar-refractivity contribution >= 4 is 5.91 Å². The molecule has 0 aromatic carbocycles. The molecular weight excluding hydrogens is 184 g/mol. The number of methoxy groups -OCH3 is 1. The number of ether oxygens (including phenoxy) is 1. The predicted octanol–water partition coefficient (Wildman–Crippen LogP) is -0.890. The number of carbonyl (C=O) groups is 1. The lowest BCUT2D eigenvalue weighted by atomic mass is 10.3. The monoisotopic (exact) mass is 204 g/mol. The Labute approximate surface area is 84.8 Å². The van der Waals surface area contributed by atoms with Gasteiger partial charge in [0.25, 0.3) is 0 Å². The second-order valence-corrected chi connectivity index (χ2v) is 3.16. The lowest BCUT2D eigenvalue weighted by Crippen LogP contribution is -2.39. The summed E-state index contributed by atoms with van der Waals surface area (Å²) in [4.78, 5) is 11.1. The highest BCUT2D eigenvalue weighted by Gasteiger charge is 2.02. The Balaban J connectivity index is 3.28. The van der Waals surface area contributed by atoms with Crippen LogP contribution in [0.2, 0.25) is 0 Å². The highest BCUT2D eigenvalue weighted by molar-refractivity contribution is 5.77. The quantitative estimate of drug-likeness (QED) is 0.449. The van der Waals surface area contributed by atoms with E-state index in [1.54, 1.807) is 7.11 Å². The molecule has 0 saturated heterocycles. The molecular formula is C9H20N2O3. The molecule has 0 aromatic heterocycles. The van der Waals surface area contributed by atoms with Crippen LogP contribution in [0.3, 0.4) is 0 Å². The third kappa shape index (κ3) is 7.97.